The summed E-state index contributed by atoms with van der Waals surface area (Å²) < 4.78 is 18.2. The third-order valence-corrected chi connectivity index (χ3v) is 3.03. The largest absolute Gasteiger partial charge is 0.444 e. The minimum atomic E-state index is -0.509. The Morgan fingerprint density at radius 1 is 1.17 bits per heavy atom. The van der Waals surface area contributed by atoms with Crippen LogP contribution >= 0.6 is 0 Å². The van der Waals surface area contributed by atoms with Crippen molar-refractivity contribution in [3.8, 4) is 0 Å². The van der Waals surface area contributed by atoms with E-state index in [-0.39, 0.29) is 0 Å². The predicted octanol–water partition coefficient (Wildman–Crippen LogP) is 4.42. The molecule has 2 rings (SSSR count). The molecule has 0 saturated heterocycles. The summed E-state index contributed by atoms with van der Waals surface area (Å²) in [6.45, 7) is 5.86. The fraction of sp³-hybridized carbons (Fsp3) is 0.263. The molecule has 5 heteroatoms. The van der Waals surface area contributed by atoms with Crippen molar-refractivity contribution in [1.29, 1.82) is 0 Å². The predicted molar refractivity (Wildman–Crippen MR) is 92.6 cm³/mol. The molecular weight excluding hydrogens is 307 g/mol. The molecule has 1 aromatic carbocycles. The third kappa shape index (κ3) is 6.20. The van der Waals surface area contributed by atoms with E-state index in [2.05, 4.69) is 10.3 Å². The number of aromatic nitrogens is 1. The van der Waals surface area contributed by atoms with Crippen LogP contribution in [0.3, 0.4) is 0 Å². The van der Waals surface area contributed by atoms with Crippen molar-refractivity contribution in [2.24, 2.45) is 0 Å². The second-order valence-electron chi connectivity index (χ2n) is 6.34. The van der Waals surface area contributed by atoms with Crippen LogP contribution in [-0.2, 0) is 11.3 Å². The third-order valence-electron chi connectivity index (χ3n) is 3.03. The van der Waals surface area contributed by atoms with Crippen molar-refractivity contribution >= 4 is 18.2 Å². The Morgan fingerprint density at radius 2 is 1.83 bits per heavy atom. The lowest BCUT2D eigenvalue weighted by Gasteiger charge is -2.19. The molecule has 24 heavy (non-hydrogen) atoms. The lowest BCUT2D eigenvalue weighted by molar-refractivity contribution is 0.0523. The van der Waals surface area contributed by atoms with Crippen LogP contribution in [0.25, 0.3) is 12.2 Å². The van der Waals surface area contributed by atoms with E-state index in [1.807, 2.05) is 57.2 Å². The second kappa shape index (κ2) is 7.73. The van der Waals surface area contributed by atoms with Gasteiger partial charge in [-0.15, -0.1) is 0 Å². The number of pyridine rings is 1. The van der Waals surface area contributed by atoms with Gasteiger partial charge in [-0.3, -0.25) is 0 Å². The molecule has 1 heterocycles. The van der Waals surface area contributed by atoms with Crippen LogP contribution in [0.1, 0.15) is 37.5 Å². The van der Waals surface area contributed by atoms with Gasteiger partial charge >= 0.3 is 6.09 Å². The first-order valence-corrected chi connectivity index (χ1v) is 7.67. The molecule has 4 nitrogen and oxygen atoms in total. The van der Waals surface area contributed by atoms with E-state index in [9.17, 15) is 9.18 Å². The molecule has 0 aliphatic carbocycles. The Hall–Kier alpha value is -2.69. The molecule has 1 amide bonds. The van der Waals surface area contributed by atoms with E-state index in [0.717, 1.165) is 16.7 Å². The van der Waals surface area contributed by atoms with Crippen LogP contribution in [0, 0.1) is 5.95 Å². The number of hydrogen-bond acceptors (Lipinski definition) is 3. The first-order valence-electron chi connectivity index (χ1n) is 7.67. The van der Waals surface area contributed by atoms with E-state index >= 15 is 0 Å². The zero-order valence-electron chi connectivity index (χ0n) is 14.0. The summed E-state index contributed by atoms with van der Waals surface area (Å²) in [6.07, 6.45) is 4.70. The van der Waals surface area contributed by atoms with Gasteiger partial charge in [0.1, 0.15) is 5.60 Å². The van der Waals surface area contributed by atoms with Crippen LogP contribution < -0.4 is 5.32 Å². The number of amides is 1. The zero-order chi connectivity index (χ0) is 17.6. The number of rotatable bonds is 4. The monoisotopic (exact) mass is 328 g/mol. The molecule has 2 aromatic rings. The maximum atomic E-state index is 13.0. The van der Waals surface area contributed by atoms with Crippen LogP contribution in [0.2, 0.25) is 0 Å². The minimum Gasteiger partial charge on any atom is -0.444 e. The van der Waals surface area contributed by atoms with E-state index in [4.69, 9.17) is 4.74 Å². The van der Waals surface area contributed by atoms with Gasteiger partial charge in [0.15, 0.2) is 0 Å². The van der Waals surface area contributed by atoms with Crippen LogP contribution in [-0.4, -0.2) is 16.7 Å². The molecule has 0 aliphatic heterocycles. The summed E-state index contributed by atoms with van der Waals surface area (Å²) in [5.74, 6) is -0.499. The summed E-state index contributed by atoms with van der Waals surface area (Å²) in [5, 5.41) is 2.71. The quantitative estimate of drug-likeness (QED) is 0.846. The highest BCUT2D eigenvalue weighted by Crippen LogP contribution is 2.11. The van der Waals surface area contributed by atoms with Crippen molar-refractivity contribution in [1.82, 2.24) is 10.3 Å². The summed E-state index contributed by atoms with van der Waals surface area (Å²) in [7, 11) is 0. The van der Waals surface area contributed by atoms with E-state index in [1.165, 1.54) is 12.3 Å². The number of alkyl carbamates (subject to hydrolysis) is 1. The van der Waals surface area contributed by atoms with Gasteiger partial charge in [-0.1, -0.05) is 36.4 Å². The van der Waals surface area contributed by atoms with Gasteiger partial charge in [0, 0.05) is 18.8 Å². The molecule has 126 valence electrons. The van der Waals surface area contributed by atoms with Gasteiger partial charge in [0.25, 0.3) is 0 Å². The van der Waals surface area contributed by atoms with Gasteiger partial charge in [0.2, 0.25) is 5.95 Å². The van der Waals surface area contributed by atoms with Crippen molar-refractivity contribution in [3.63, 3.8) is 0 Å². The number of benzene rings is 1. The Balaban J connectivity index is 1.90. The normalized spacial score (nSPS) is 11.5. The number of hydrogen-bond donors (Lipinski definition) is 1. The average molecular weight is 328 g/mol. The Bertz CT molecular complexity index is 719. The molecule has 0 bridgehead atoms. The number of carbonyl (C=O) groups excluding carboxylic acids is 1. The van der Waals surface area contributed by atoms with Crippen molar-refractivity contribution in [2.45, 2.75) is 32.9 Å². The van der Waals surface area contributed by atoms with Crippen molar-refractivity contribution in [2.75, 3.05) is 0 Å². The maximum Gasteiger partial charge on any atom is 0.407 e. The number of halogens is 1. The molecule has 0 fully saturated rings. The molecule has 0 aliphatic rings. The van der Waals surface area contributed by atoms with Gasteiger partial charge < -0.3 is 10.1 Å². The lowest BCUT2D eigenvalue weighted by atomic mass is 10.1. The highest BCUT2D eigenvalue weighted by molar-refractivity contribution is 5.69. The first-order chi connectivity index (χ1) is 11.3. The Labute approximate surface area is 141 Å². The van der Waals surface area contributed by atoms with Gasteiger partial charge in [-0.2, -0.15) is 4.39 Å². The molecule has 0 atom stereocenters. The average Bonchev–Trinajstić information content (AvgIpc) is 2.50. The van der Waals surface area contributed by atoms with Gasteiger partial charge in [0.05, 0.1) is 0 Å². The molecule has 0 saturated carbocycles. The fourth-order valence-corrected chi connectivity index (χ4v) is 1.95. The molecule has 0 radical (unpaired) electrons. The molecule has 1 N–H and O–H groups in total. The zero-order valence-corrected chi connectivity index (χ0v) is 14.0. The fourth-order valence-electron chi connectivity index (χ4n) is 1.95. The molecule has 0 unspecified atom stereocenters. The van der Waals surface area contributed by atoms with Crippen molar-refractivity contribution < 1.29 is 13.9 Å². The number of nitrogens with one attached hydrogen (secondary N) is 1. The lowest BCUT2D eigenvalue weighted by Crippen LogP contribution is -2.32. The van der Waals surface area contributed by atoms with Gasteiger partial charge in [-0.05, 0) is 43.5 Å². The van der Waals surface area contributed by atoms with Crippen LogP contribution in [0.15, 0.2) is 42.6 Å². The van der Waals surface area contributed by atoms with E-state index < -0.39 is 17.6 Å². The van der Waals surface area contributed by atoms with Crippen molar-refractivity contribution in [3.05, 3.63) is 65.2 Å². The van der Waals surface area contributed by atoms with E-state index in [0.29, 0.717) is 6.54 Å². The molecule has 1 aromatic heterocycles. The van der Waals surface area contributed by atoms with Crippen LogP contribution in [0.4, 0.5) is 9.18 Å². The first kappa shape index (κ1) is 17.7. The second-order valence-corrected chi connectivity index (χ2v) is 6.34. The SMILES string of the molecule is CC(C)(C)OC(=O)NCc1ccc(/C=C/c2ccnc(F)c2)cc1. The molecule has 0 spiro atoms. The van der Waals surface area contributed by atoms with E-state index in [1.54, 1.807) is 6.07 Å². The smallest absolute Gasteiger partial charge is 0.407 e. The standard InChI is InChI=1S/C19H21FN2O2/c1-19(2,3)24-18(23)22-13-16-8-5-14(6-9-16)4-7-15-10-11-21-17(20)12-15/h4-12H,13H2,1-3H3,(H,22,23)/b7-4+. The maximum absolute atomic E-state index is 13.0. The number of carbonyl (C=O) groups is 1. The minimum absolute atomic E-state index is 0.397. The van der Waals surface area contributed by atoms with Gasteiger partial charge in [-0.25, -0.2) is 9.78 Å². The number of ether oxygens (including phenoxy) is 1. The Morgan fingerprint density at radius 3 is 2.46 bits per heavy atom. The summed E-state index contributed by atoms with van der Waals surface area (Å²) >= 11 is 0. The number of nitrogens with zero attached hydrogens (tertiary/aromatic N) is 1. The Kier molecular flexibility index (Phi) is 5.68. The summed E-state index contributed by atoms with van der Waals surface area (Å²) in [6, 6.07) is 10.8. The topological polar surface area (TPSA) is 51.2 Å². The summed E-state index contributed by atoms with van der Waals surface area (Å²) in [5.41, 5.74) is 2.19. The summed E-state index contributed by atoms with van der Waals surface area (Å²) in [4.78, 5) is 15.1. The molecular formula is C19H21FN2O2. The highest BCUT2D eigenvalue weighted by atomic mass is 19.1. The highest BCUT2D eigenvalue weighted by Gasteiger charge is 2.15. The van der Waals surface area contributed by atoms with Crippen LogP contribution in [0.5, 0.6) is 0 Å².